The molecule has 1 N–H and O–H groups in total. The minimum atomic E-state index is -0.776. The Balaban J connectivity index is 2.14. The molecule has 0 heterocycles. The molecule has 0 fully saturated rings. The summed E-state index contributed by atoms with van der Waals surface area (Å²) in [6.45, 7) is 0. The Morgan fingerprint density at radius 3 is 2.61 bits per heavy atom. The molecule has 0 atom stereocenters. The number of nitro groups is 1. The van der Waals surface area contributed by atoms with Gasteiger partial charge in [0.1, 0.15) is 5.82 Å². The lowest BCUT2D eigenvalue weighted by atomic mass is 10.2. The fourth-order valence-electron chi connectivity index (χ4n) is 1.70. The van der Waals surface area contributed by atoms with Gasteiger partial charge in [-0.2, -0.15) is 0 Å². The summed E-state index contributed by atoms with van der Waals surface area (Å²) >= 11 is 11.7. The molecule has 5 nitrogen and oxygen atoms in total. The number of carbonyl (C=O) groups excluding carboxylic acids is 1. The monoisotopic (exact) mass is 354 g/mol. The SMILES string of the molecule is O=C(C=Cc1ccc(Cl)cc1Cl)Nc1cc([N+](=O)[O-])ccc1F. The van der Waals surface area contributed by atoms with Gasteiger partial charge < -0.3 is 5.32 Å². The minimum Gasteiger partial charge on any atom is -0.320 e. The third-order valence-electron chi connectivity index (χ3n) is 2.80. The number of rotatable bonds is 4. The molecule has 118 valence electrons. The van der Waals surface area contributed by atoms with E-state index in [1.165, 1.54) is 12.1 Å². The molecule has 0 aliphatic rings. The van der Waals surface area contributed by atoms with Crippen LogP contribution in [0.1, 0.15) is 5.56 Å². The maximum atomic E-state index is 13.6. The predicted molar refractivity (Wildman–Crippen MR) is 87.2 cm³/mol. The van der Waals surface area contributed by atoms with Crippen LogP contribution in [0.15, 0.2) is 42.5 Å². The summed E-state index contributed by atoms with van der Waals surface area (Å²) in [7, 11) is 0. The van der Waals surface area contributed by atoms with E-state index in [2.05, 4.69) is 5.32 Å². The van der Waals surface area contributed by atoms with Gasteiger partial charge in [0.2, 0.25) is 5.91 Å². The number of benzene rings is 2. The van der Waals surface area contributed by atoms with Crippen LogP contribution in [0.2, 0.25) is 10.0 Å². The highest BCUT2D eigenvalue weighted by Gasteiger charge is 2.12. The highest BCUT2D eigenvalue weighted by molar-refractivity contribution is 6.35. The number of carbonyl (C=O) groups is 1. The quantitative estimate of drug-likeness (QED) is 0.491. The second-order valence-corrected chi connectivity index (χ2v) is 5.25. The van der Waals surface area contributed by atoms with Crippen molar-refractivity contribution in [3.05, 3.63) is 74.0 Å². The first-order valence-corrected chi connectivity index (χ1v) is 7.00. The summed E-state index contributed by atoms with van der Waals surface area (Å²) in [5, 5.41) is 13.7. The fourth-order valence-corrected chi connectivity index (χ4v) is 2.17. The van der Waals surface area contributed by atoms with Gasteiger partial charge in [0.15, 0.2) is 0 Å². The van der Waals surface area contributed by atoms with Crippen molar-refractivity contribution < 1.29 is 14.1 Å². The van der Waals surface area contributed by atoms with Crippen molar-refractivity contribution in [2.45, 2.75) is 0 Å². The van der Waals surface area contributed by atoms with E-state index in [-0.39, 0.29) is 11.4 Å². The third kappa shape index (κ3) is 4.51. The van der Waals surface area contributed by atoms with Crippen LogP contribution in [-0.4, -0.2) is 10.8 Å². The molecular weight excluding hydrogens is 346 g/mol. The summed E-state index contributed by atoms with van der Waals surface area (Å²) in [4.78, 5) is 21.8. The lowest BCUT2D eigenvalue weighted by molar-refractivity contribution is -0.384. The number of nitrogens with zero attached hydrogens (tertiary/aromatic N) is 1. The zero-order valence-corrected chi connectivity index (χ0v) is 12.9. The van der Waals surface area contributed by atoms with Crippen molar-refractivity contribution in [2.75, 3.05) is 5.32 Å². The van der Waals surface area contributed by atoms with Crippen LogP contribution in [0.4, 0.5) is 15.8 Å². The van der Waals surface area contributed by atoms with Gasteiger partial charge >= 0.3 is 0 Å². The van der Waals surface area contributed by atoms with Crippen molar-refractivity contribution in [3.8, 4) is 0 Å². The van der Waals surface area contributed by atoms with Crippen molar-refractivity contribution >= 4 is 46.6 Å². The van der Waals surface area contributed by atoms with E-state index in [1.54, 1.807) is 12.1 Å². The first-order valence-electron chi connectivity index (χ1n) is 6.25. The first-order chi connectivity index (χ1) is 10.9. The van der Waals surface area contributed by atoms with E-state index in [0.717, 1.165) is 24.3 Å². The molecule has 1 amide bonds. The van der Waals surface area contributed by atoms with Gasteiger partial charge in [0.25, 0.3) is 5.69 Å². The summed E-state index contributed by atoms with van der Waals surface area (Å²) in [6, 6.07) is 7.59. The maximum absolute atomic E-state index is 13.6. The van der Waals surface area contributed by atoms with Crippen LogP contribution in [0.25, 0.3) is 6.08 Å². The number of hydrogen-bond acceptors (Lipinski definition) is 3. The van der Waals surface area contributed by atoms with E-state index in [1.807, 2.05) is 0 Å². The molecule has 2 rings (SSSR count). The Hall–Kier alpha value is -2.44. The predicted octanol–water partition coefficient (Wildman–Crippen LogP) is 4.69. The van der Waals surface area contributed by atoms with E-state index >= 15 is 0 Å². The van der Waals surface area contributed by atoms with Crippen molar-refractivity contribution in [1.29, 1.82) is 0 Å². The third-order valence-corrected chi connectivity index (χ3v) is 3.36. The van der Waals surface area contributed by atoms with Gasteiger partial charge in [-0.25, -0.2) is 4.39 Å². The number of amides is 1. The zero-order valence-electron chi connectivity index (χ0n) is 11.4. The molecule has 23 heavy (non-hydrogen) atoms. The average Bonchev–Trinajstić information content (AvgIpc) is 2.48. The number of anilines is 1. The standard InChI is InChI=1S/C15H9Cl2FN2O3/c16-10-3-1-9(12(17)7-10)2-6-15(21)19-14-8-11(20(22)23)4-5-13(14)18/h1-8H,(H,19,21). The van der Waals surface area contributed by atoms with Crippen LogP contribution in [0, 0.1) is 15.9 Å². The second-order valence-electron chi connectivity index (χ2n) is 4.41. The van der Waals surface area contributed by atoms with Gasteiger partial charge in [-0.05, 0) is 29.8 Å². The van der Waals surface area contributed by atoms with Gasteiger partial charge in [-0.15, -0.1) is 0 Å². The van der Waals surface area contributed by atoms with Gasteiger partial charge in [0, 0.05) is 28.3 Å². The Labute approximate surface area is 140 Å². The van der Waals surface area contributed by atoms with E-state index in [0.29, 0.717) is 15.6 Å². The maximum Gasteiger partial charge on any atom is 0.271 e. The number of non-ortho nitro benzene ring substituents is 1. The van der Waals surface area contributed by atoms with Gasteiger partial charge in [-0.3, -0.25) is 14.9 Å². The Morgan fingerprint density at radius 1 is 1.22 bits per heavy atom. The first kappa shape index (κ1) is 16.9. The van der Waals surface area contributed by atoms with Crippen molar-refractivity contribution in [1.82, 2.24) is 0 Å². The Kier molecular flexibility index (Phi) is 5.31. The molecule has 0 unspecified atom stereocenters. The second kappa shape index (κ2) is 7.21. The van der Waals surface area contributed by atoms with E-state index in [9.17, 15) is 19.3 Å². The Morgan fingerprint density at radius 2 is 1.96 bits per heavy atom. The number of nitro benzene ring substituents is 1. The molecule has 2 aromatic rings. The Bertz CT molecular complexity index is 809. The van der Waals surface area contributed by atoms with Crippen LogP contribution in [-0.2, 0) is 4.79 Å². The molecule has 0 bridgehead atoms. The molecule has 0 aliphatic heterocycles. The van der Waals surface area contributed by atoms with Gasteiger partial charge in [0.05, 0.1) is 10.6 Å². The summed E-state index contributed by atoms with van der Waals surface area (Å²) in [5.41, 5.74) is -0.0618. The highest BCUT2D eigenvalue weighted by Crippen LogP contribution is 2.23. The summed E-state index contributed by atoms with van der Waals surface area (Å²) < 4.78 is 13.6. The fraction of sp³-hybridized carbons (Fsp3) is 0. The van der Waals surface area contributed by atoms with Crippen LogP contribution >= 0.6 is 23.2 Å². The van der Waals surface area contributed by atoms with Crippen LogP contribution < -0.4 is 5.32 Å². The van der Waals surface area contributed by atoms with Crippen LogP contribution in [0.5, 0.6) is 0 Å². The number of hydrogen-bond donors (Lipinski definition) is 1. The molecule has 0 saturated carbocycles. The lowest BCUT2D eigenvalue weighted by Crippen LogP contribution is -2.09. The molecule has 0 spiro atoms. The lowest BCUT2D eigenvalue weighted by Gasteiger charge is -2.04. The average molecular weight is 355 g/mol. The topological polar surface area (TPSA) is 72.2 Å². The van der Waals surface area contributed by atoms with Crippen molar-refractivity contribution in [2.24, 2.45) is 0 Å². The molecule has 0 saturated heterocycles. The number of halogens is 3. The van der Waals surface area contributed by atoms with E-state index in [4.69, 9.17) is 23.2 Å². The molecular formula is C15H9Cl2FN2O3. The minimum absolute atomic E-state index is 0.281. The van der Waals surface area contributed by atoms with Gasteiger partial charge in [-0.1, -0.05) is 29.3 Å². The summed E-state index contributed by atoms with van der Waals surface area (Å²) in [6.07, 6.45) is 2.55. The molecule has 2 aromatic carbocycles. The normalized spacial score (nSPS) is 10.7. The largest absolute Gasteiger partial charge is 0.320 e. The smallest absolute Gasteiger partial charge is 0.271 e. The highest BCUT2D eigenvalue weighted by atomic mass is 35.5. The van der Waals surface area contributed by atoms with E-state index < -0.39 is 16.6 Å². The number of nitrogens with one attached hydrogen (secondary N) is 1. The molecule has 0 radical (unpaired) electrons. The molecule has 0 aromatic heterocycles. The summed E-state index contributed by atoms with van der Waals surface area (Å²) in [5.74, 6) is -1.43. The van der Waals surface area contributed by atoms with Crippen LogP contribution in [0.3, 0.4) is 0 Å². The van der Waals surface area contributed by atoms with Crippen molar-refractivity contribution in [3.63, 3.8) is 0 Å². The molecule has 0 aliphatic carbocycles. The molecule has 8 heteroatoms. The zero-order chi connectivity index (χ0) is 17.0.